The third-order valence-electron chi connectivity index (χ3n) is 2.13. The van der Waals surface area contributed by atoms with E-state index in [0.717, 1.165) is 15.8 Å². The Hall–Kier alpha value is -1.11. The lowest BCUT2D eigenvalue weighted by atomic mass is 10.2. The summed E-state index contributed by atoms with van der Waals surface area (Å²) in [5.41, 5.74) is 3.43. The average Bonchev–Trinajstić information content (AvgIpc) is 2.36. The summed E-state index contributed by atoms with van der Waals surface area (Å²) in [6.07, 6.45) is 0. The van der Waals surface area contributed by atoms with Gasteiger partial charge in [-0.15, -0.1) is 0 Å². The summed E-state index contributed by atoms with van der Waals surface area (Å²) in [4.78, 5) is 4.31. The molecule has 1 aromatic carbocycles. The van der Waals surface area contributed by atoms with Gasteiger partial charge in [-0.25, -0.2) is 5.84 Å². The zero-order valence-electron chi connectivity index (χ0n) is 9.87. The van der Waals surface area contributed by atoms with E-state index in [0.29, 0.717) is 19.0 Å². The molecule has 0 spiro atoms. The molecule has 0 unspecified atom stereocenters. The van der Waals surface area contributed by atoms with Crippen molar-refractivity contribution in [3.63, 3.8) is 0 Å². The maximum absolute atomic E-state index is 5.46. The van der Waals surface area contributed by atoms with Crippen molar-refractivity contribution < 1.29 is 9.47 Å². The first-order valence-corrected chi connectivity index (χ1v) is 5.86. The molecule has 6 heteroatoms. The van der Waals surface area contributed by atoms with Crippen molar-refractivity contribution in [3.8, 4) is 5.75 Å². The highest BCUT2D eigenvalue weighted by Crippen LogP contribution is 2.22. The largest absolute Gasteiger partial charge is 0.497 e. The van der Waals surface area contributed by atoms with Crippen LogP contribution in [0.25, 0.3) is 0 Å². The molecule has 17 heavy (non-hydrogen) atoms. The molecule has 0 amide bonds. The molecular weight excluding hydrogens is 286 g/mol. The fraction of sp³-hybridized carbons (Fsp3) is 0.364. The predicted octanol–water partition coefficient (Wildman–Crippen LogP) is 1.31. The first kappa shape index (κ1) is 14.0. The number of ether oxygens (including phenoxy) is 2. The lowest BCUT2D eigenvalue weighted by molar-refractivity contribution is 0.208. The topological polar surface area (TPSA) is 68.9 Å². The van der Waals surface area contributed by atoms with Crippen molar-refractivity contribution in [2.75, 3.05) is 27.4 Å². The third-order valence-corrected chi connectivity index (χ3v) is 2.82. The molecule has 0 aliphatic heterocycles. The first-order chi connectivity index (χ1) is 8.22. The van der Waals surface area contributed by atoms with Crippen LogP contribution in [0.15, 0.2) is 27.7 Å². The van der Waals surface area contributed by atoms with Gasteiger partial charge >= 0.3 is 0 Å². The minimum Gasteiger partial charge on any atom is -0.497 e. The summed E-state index contributed by atoms with van der Waals surface area (Å²) >= 11 is 3.45. The number of nitrogens with one attached hydrogen (secondary N) is 1. The number of nitrogens with zero attached hydrogens (tertiary/aromatic N) is 1. The number of aliphatic imine (C=N–C) groups is 1. The minimum atomic E-state index is 0.541. The maximum Gasteiger partial charge on any atom is 0.143 e. The Labute approximate surface area is 109 Å². The Morgan fingerprint density at radius 1 is 1.47 bits per heavy atom. The van der Waals surface area contributed by atoms with Crippen molar-refractivity contribution >= 4 is 21.8 Å². The molecule has 0 bridgehead atoms. The van der Waals surface area contributed by atoms with Gasteiger partial charge in [-0.05, 0) is 18.2 Å². The number of hydrogen-bond acceptors (Lipinski definition) is 4. The maximum atomic E-state index is 5.46. The van der Waals surface area contributed by atoms with Crippen molar-refractivity contribution in [1.82, 2.24) is 5.43 Å². The number of benzene rings is 1. The van der Waals surface area contributed by atoms with Crippen LogP contribution in [0.1, 0.15) is 5.56 Å². The van der Waals surface area contributed by atoms with Crippen molar-refractivity contribution in [2.45, 2.75) is 0 Å². The van der Waals surface area contributed by atoms with Crippen LogP contribution in [0, 0.1) is 0 Å². The summed E-state index contributed by atoms with van der Waals surface area (Å²) in [5.74, 6) is 6.80. The first-order valence-electron chi connectivity index (χ1n) is 5.06. The zero-order chi connectivity index (χ0) is 12.7. The molecule has 5 nitrogen and oxygen atoms in total. The Kier molecular flexibility index (Phi) is 5.96. The molecule has 0 saturated carbocycles. The van der Waals surface area contributed by atoms with Gasteiger partial charge < -0.3 is 14.9 Å². The van der Waals surface area contributed by atoms with Gasteiger partial charge in [0.15, 0.2) is 0 Å². The second kappa shape index (κ2) is 7.26. The quantitative estimate of drug-likeness (QED) is 0.283. The predicted molar refractivity (Wildman–Crippen MR) is 71.3 cm³/mol. The molecule has 1 rings (SSSR count). The van der Waals surface area contributed by atoms with Crippen molar-refractivity contribution in [2.24, 2.45) is 10.8 Å². The molecular formula is C11H16BrN3O2. The van der Waals surface area contributed by atoms with Gasteiger partial charge in [0, 0.05) is 17.1 Å². The standard InChI is InChI=1S/C11H16BrN3O2/c1-16-6-5-14-11(15-13)9-7-8(17-2)3-4-10(9)12/h3-4,7H,5-6,13H2,1-2H3,(H,14,15). The van der Waals surface area contributed by atoms with Crippen LogP contribution in [-0.2, 0) is 4.74 Å². The summed E-state index contributed by atoms with van der Waals surface area (Å²) in [5, 5.41) is 0. The third kappa shape index (κ3) is 3.99. The number of amidine groups is 1. The molecule has 94 valence electrons. The molecule has 0 radical (unpaired) electrons. The van der Waals surface area contributed by atoms with Crippen LogP contribution >= 0.6 is 15.9 Å². The molecule has 0 aliphatic rings. The minimum absolute atomic E-state index is 0.541. The lowest BCUT2D eigenvalue weighted by Crippen LogP contribution is -2.32. The molecule has 0 aromatic heterocycles. The van der Waals surface area contributed by atoms with E-state index in [4.69, 9.17) is 15.3 Å². The van der Waals surface area contributed by atoms with E-state index in [-0.39, 0.29) is 0 Å². The van der Waals surface area contributed by atoms with Crippen LogP contribution in [0.3, 0.4) is 0 Å². The monoisotopic (exact) mass is 301 g/mol. The normalized spacial score (nSPS) is 11.4. The van der Waals surface area contributed by atoms with Crippen molar-refractivity contribution in [3.05, 3.63) is 28.2 Å². The molecule has 1 aromatic rings. The number of hydrogen-bond donors (Lipinski definition) is 2. The summed E-state index contributed by atoms with van der Waals surface area (Å²) in [7, 11) is 3.25. The Morgan fingerprint density at radius 3 is 2.82 bits per heavy atom. The lowest BCUT2D eigenvalue weighted by Gasteiger charge is -2.10. The molecule has 0 atom stereocenters. The van der Waals surface area contributed by atoms with Gasteiger partial charge in [-0.1, -0.05) is 15.9 Å². The number of rotatable bonds is 5. The van der Waals surface area contributed by atoms with Crippen molar-refractivity contribution in [1.29, 1.82) is 0 Å². The Bertz CT molecular complexity index is 396. The van der Waals surface area contributed by atoms with Crippen LogP contribution in [0.5, 0.6) is 5.75 Å². The second-order valence-electron chi connectivity index (χ2n) is 3.21. The van der Waals surface area contributed by atoms with Gasteiger partial charge in [0.25, 0.3) is 0 Å². The van der Waals surface area contributed by atoms with Gasteiger partial charge in [-0.3, -0.25) is 4.99 Å². The molecule has 0 aliphatic carbocycles. The van der Waals surface area contributed by atoms with Gasteiger partial charge in [0.1, 0.15) is 11.6 Å². The number of methoxy groups -OCH3 is 2. The average molecular weight is 302 g/mol. The highest BCUT2D eigenvalue weighted by molar-refractivity contribution is 9.10. The molecule has 0 saturated heterocycles. The van der Waals surface area contributed by atoms with Gasteiger partial charge in [0.05, 0.1) is 20.3 Å². The van der Waals surface area contributed by atoms with E-state index < -0.39 is 0 Å². The number of halogens is 1. The highest BCUT2D eigenvalue weighted by atomic mass is 79.9. The molecule has 3 N–H and O–H groups in total. The summed E-state index contributed by atoms with van der Waals surface area (Å²) in [6, 6.07) is 5.60. The zero-order valence-corrected chi connectivity index (χ0v) is 11.5. The molecule has 0 fully saturated rings. The van der Waals surface area contributed by atoms with E-state index in [1.54, 1.807) is 14.2 Å². The van der Waals surface area contributed by atoms with Gasteiger partial charge in [-0.2, -0.15) is 0 Å². The smallest absolute Gasteiger partial charge is 0.143 e. The van der Waals surface area contributed by atoms with Crippen LogP contribution in [-0.4, -0.2) is 33.2 Å². The Balaban J connectivity index is 2.97. The SMILES string of the molecule is COCCN=C(NN)c1cc(OC)ccc1Br. The van der Waals surface area contributed by atoms with E-state index >= 15 is 0 Å². The van der Waals surface area contributed by atoms with E-state index in [9.17, 15) is 0 Å². The highest BCUT2D eigenvalue weighted by Gasteiger charge is 2.08. The Morgan fingerprint density at radius 2 is 2.24 bits per heavy atom. The number of hydrazine groups is 1. The van der Waals surface area contributed by atoms with Crippen LogP contribution < -0.4 is 16.0 Å². The van der Waals surface area contributed by atoms with E-state index in [1.165, 1.54) is 0 Å². The summed E-state index contributed by atoms with van der Waals surface area (Å²) < 4.78 is 11.0. The fourth-order valence-corrected chi connectivity index (χ4v) is 1.70. The summed E-state index contributed by atoms with van der Waals surface area (Å²) in [6.45, 7) is 1.09. The van der Waals surface area contributed by atoms with E-state index in [1.807, 2.05) is 18.2 Å². The fourth-order valence-electron chi connectivity index (χ4n) is 1.27. The molecule has 0 heterocycles. The number of nitrogens with two attached hydrogens (primary N) is 1. The van der Waals surface area contributed by atoms with Gasteiger partial charge in [0.2, 0.25) is 0 Å². The van der Waals surface area contributed by atoms with Crippen LogP contribution in [0.2, 0.25) is 0 Å². The van der Waals surface area contributed by atoms with Crippen LogP contribution in [0.4, 0.5) is 0 Å². The van der Waals surface area contributed by atoms with E-state index in [2.05, 4.69) is 26.3 Å². The second-order valence-corrected chi connectivity index (χ2v) is 4.07.